The average Bonchev–Trinajstić information content (AvgIpc) is 3.48. The third-order valence-corrected chi connectivity index (χ3v) is 8.11. The zero-order valence-corrected chi connectivity index (χ0v) is 25.8. The molecular formula is C36H29F2N7O3. The summed E-state index contributed by atoms with van der Waals surface area (Å²) >= 11 is 0. The van der Waals surface area contributed by atoms with Gasteiger partial charge in [0.25, 0.3) is 5.91 Å². The third-order valence-electron chi connectivity index (χ3n) is 8.11. The first-order valence-electron chi connectivity index (χ1n) is 15.2. The van der Waals surface area contributed by atoms with Gasteiger partial charge in [-0.3, -0.25) is 14.0 Å². The van der Waals surface area contributed by atoms with Crippen LogP contribution in [0.1, 0.15) is 21.5 Å². The first kappa shape index (κ1) is 30.6. The fraction of sp³-hybridized carbons (Fsp3) is 0.139. The molecule has 0 bridgehead atoms. The van der Waals surface area contributed by atoms with Crippen molar-refractivity contribution in [1.82, 2.24) is 24.3 Å². The number of carbonyl (C=O) groups is 2. The molecule has 0 radical (unpaired) electrons. The van der Waals surface area contributed by atoms with Crippen LogP contribution in [0.15, 0.2) is 97.3 Å². The van der Waals surface area contributed by atoms with Gasteiger partial charge in [0.05, 0.1) is 17.1 Å². The van der Waals surface area contributed by atoms with Gasteiger partial charge in [-0.15, -0.1) is 0 Å². The standard InChI is InChI=1S/C36H29F2N7O3/c1-48-21-31(46)44-17-14-22-18-26(12-11-24(22)20-44)41-36-39-15-13-29(42-36)34-33(43-30-10-2-3-16-45(30)34)23-6-4-7-25(19-23)40-35(47)32-27(37)8-5-9-28(32)38/h2-13,15-16,18-19H,14,17,20-21H2,1H3,(H,40,47)(H,39,41,42). The number of hydrogen-bond donors (Lipinski definition) is 2. The second kappa shape index (κ2) is 13.0. The number of amides is 2. The molecule has 12 heteroatoms. The van der Waals surface area contributed by atoms with Gasteiger partial charge in [-0.1, -0.05) is 30.3 Å². The summed E-state index contributed by atoms with van der Waals surface area (Å²) in [6.07, 6.45) is 4.27. The highest BCUT2D eigenvalue weighted by Gasteiger charge is 2.22. The number of anilines is 3. The number of aromatic nitrogens is 4. The van der Waals surface area contributed by atoms with Crippen molar-refractivity contribution in [2.24, 2.45) is 0 Å². The van der Waals surface area contributed by atoms with Crippen LogP contribution in [0.25, 0.3) is 28.3 Å². The smallest absolute Gasteiger partial charge is 0.261 e. The van der Waals surface area contributed by atoms with Crippen molar-refractivity contribution in [3.63, 3.8) is 0 Å². The van der Waals surface area contributed by atoms with Crippen LogP contribution in [-0.4, -0.2) is 56.3 Å². The van der Waals surface area contributed by atoms with E-state index in [2.05, 4.69) is 21.7 Å². The van der Waals surface area contributed by atoms with Gasteiger partial charge in [-0.2, -0.15) is 0 Å². The molecule has 6 aromatic rings. The SMILES string of the molecule is COCC(=O)N1CCc2cc(Nc3nccc(-c4c(-c5cccc(NC(=O)c6c(F)cccc6F)c5)nc5ccccn45)n3)ccc2C1. The molecule has 240 valence electrons. The number of benzene rings is 3. The Morgan fingerprint density at radius 3 is 2.56 bits per heavy atom. The molecule has 10 nitrogen and oxygen atoms in total. The van der Waals surface area contributed by atoms with E-state index in [1.807, 2.05) is 47.0 Å². The van der Waals surface area contributed by atoms with Gasteiger partial charge >= 0.3 is 0 Å². The number of pyridine rings is 1. The maximum Gasteiger partial charge on any atom is 0.261 e. The Morgan fingerprint density at radius 1 is 0.896 bits per heavy atom. The van der Waals surface area contributed by atoms with Crippen molar-refractivity contribution in [1.29, 1.82) is 0 Å². The molecule has 2 N–H and O–H groups in total. The molecule has 1 aliphatic heterocycles. The Kier molecular flexibility index (Phi) is 8.30. The van der Waals surface area contributed by atoms with Crippen LogP contribution in [0.3, 0.4) is 0 Å². The molecule has 2 amide bonds. The van der Waals surface area contributed by atoms with Crippen LogP contribution < -0.4 is 10.6 Å². The van der Waals surface area contributed by atoms with Gasteiger partial charge in [-0.25, -0.2) is 23.7 Å². The second-order valence-electron chi connectivity index (χ2n) is 11.2. The molecule has 4 heterocycles. The minimum Gasteiger partial charge on any atom is -0.375 e. The van der Waals surface area contributed by atoms with E-state index >= 15 is 0 Å². The van der Waals surface area contributed by atoms with Crippen molar-refractivity contribution >= 4 is 34.8 Å². The fourth-order valence-electron chi connectivity index (χ4n) is 5.83. The normalized spacial score (nSPS) is 12.5. The predicted octanol–water partition coefficient (Wildman–Crippen LogP) is 6.26. The zero-order chi connectivity index (χ0) is 33.2. The molecule has 3 aromatic heterocycles. The number of methoxy groups -OCH3 is 1. The predicted molar refractivity (Wildman–Crippen MR) is 177 cm³/mol. The number of nitrogens with zero attached hydrogens (tertiary/aromatic N) is 5. The lowest BCUT2D eigenvalue weighted by atomic mass is 9.99. The van der Waals surface area contributed by atoms with E-state index in [0.717, 1.165) is 35.4 Å². The van der Waals surface area contributed by atoms with E-state index in [0.29, 0.717) is 53.0 Å². The van der Waals surface area contributed by atoms with Crippen molar-refractivity contribution < 1.29 is 23.1 Å². The Morgan fingerprint density at radius 2 is 1.73 bits per heavy atom. The van der Waals surface area contributed by atoms with E-state index in [1.165, 1.54) is 13.2 Å². The van der Waals surface area contributed by atoms with Crippen LogP contribution in [0.4, 0.5) is 26.1 Å². The monoisotopic (exact) mass is 645 g/mol. The highest BCUT2D eigenvalue weighted by Crippen LogP contribution is 2.34. The molecule has 0 atom stereocenters. The highest BCUT2D eigenvalue weighted by molar-refractivity contribution is 6.05. The first-order chi connectivity index (χ1) is 23.4. The summed E-state index contributed by atoms with van der Waals surface area (Å²) < 4.78 is 35.5. The Labute approximate surface area is 274 Å². The number of fused-ring (bicyclic) bond motifs is 2. The van der Waals surface area contributed by atoms with E-state index in [-0.39, 0.29) is 12.5 Å². The largest absolute Gasteiger partial charge is 0.375 e. The number of rotatable bonds is 8. The van der Waals surface area contributed by atoms with Crippen LogP contribution in [0, 0.1) is 11.6 Å². The molecule has 1 aliphatic rings. The topological polar surface area (TPSA) is 114 Å². The van der Waals surface area contributed by atoms with Gasteiger partial charge in [-0.05, 0) is 72.1 Å². The van der Waals surface area contributed by atoms with Crippen molar-refractivity contribution in [2.75, 3.05) is 30.9 Å². The number of carbonyl (C=O) groups excluding carboxylic acids is 2. The van der Waals surface area contributed by atoms with E-state index in [4.69, 9.17) is 14.7 Å². The van der Waals surface area contributed by atoms with Crippen molar-refractivity contribution in [3.8, 4) is 22.6 Å². The number of hydrogen-bond acceptors (Lipinski definition) is 7. The maximum absolute atomic E-state index is 14.3. The van der Waals surface area contributed by atoms with Crippen molar-refractivity contribution in [3.05, 3.63) is 126 Å². The Hall–Kier alpha value is -6.01. The van der Waals surface area contributed by atoms with Crippen LogP contribution >= 0.6 is 0 Å². The quantitative estimate of drug-likeness (QED) is 0.201. The average molecular weight is 646 g/mol. The first-order valence-corrected chi connectivity index (χ1v) is 15.2. The maximum atomic E-state index is 14.3. The van der Waals surface area contributed by atoms with Gasteiger partial charge in [0.1, 0.15) is 29.5 Å². The van der Waals surface area contributed by atoms with E-state index < -0.39 is 23.1 Å². The zero-order valence-electron chi connectivity index (χ0n) is 25.8. The minimum absolute atomic E-state index is 0.0308. The summed E-state index contributed by atoms with van der Waals surface area (Å²) in [7, 11) is 1.52. The molecule has 7 rings (SSSR count). The van der Waals surface area contributed by atoms with Gasteiger partial charge in [0.2, 0.25) is 11.9 Å². The summed E-state index contributed by atoms with van der Waals surface area (Å²) in [5, 5.41) is 5.91. The second-order valence-corrected chi connectivity index (χ2v) is 11.2. The summed E-state index contributed by atoms with van der Waals surface area (Å²) in [6, 6.07) is 23.6. The molecular weight excluding hydrogens is 616 g/mol. The molecule has 0 spiro atoms. The fourth-order valence-corrected chi connectivity index (χ4v) is 5.83. The molecule has 0 aliphatic carbocycles. The van der Waals surface area contributed by atoms with Gasteiger partial charge in [0.15, 0.2) is 0 Å². The number of halogens is 2. The lowest BCUT2D eigenvalue weighted by Crippen LogP contribution is -2.38. The molecule has 0 saturated heterocycles. The van der Waals surface area contributed by atoms with Crippen LogP contribution in [0.5, 0.6) is 0 Å². The number of ether oxygens (including phenoxy) is 1. The molecule has 0 fully saturated rings. The molecule has 48 heavy (non-hydrogen) atoms. The lowest BCUT2D eigenvalue weighted by Gasteiger charge is -2.29. The summed E-state index contributed by atoms with van der Waals surface area (Å²) in [6.45, 7) is 1.22. The summed E-state index contributed by atoms with van der Waals surface area (Å²) in [5.74, 6) is -2.45. The number of nitrogens with one attached hydrogen (secondary N) is 2. The van der Waals surface area contributed by atoms with Crippen molar-refractivity contribution in [2.45, 2.75) is 13.0 Å². The third kappa shape index (κ3) is 6.08. The minimum atomic E-state index is -0.948. The van der Waals surface area contributed by atoms with Crippen LogP contribution in [-0.2, 0) is 22.5 Å². The van der Waals surface area contributed by atoms with Gasteiger partial charge in [0, 0.05) is 49.5 Å². The molecule has 0 unspecified atom stereocenters. The van der Waals surface area contributed by atoms with Crippen LogP contribution in [0.2, 0.25) is 0 Å². The summed E-state index contributed by atoms with van der Waals surface area (Å²) in [4.78, 5) is 41.1. The van der Waals surface area contributed by atoms with E-state index in [1.54, 1.807) is 35.4 Å². The highest BCUT2D eigenvalue weighted by atomic mass is 19.1. The Bertz CT molecular complexity index is 2170. The summed E-state index contributed by atoms with van der Waals surface area (Å²) in [5.41, 5.74) is 5.91. The Balaban J connectivity index is 1.18. The molecule has 3 aromatic carbocycles. The number of imidazole rings is 1. The molecule has 0 saturated carbocycles. The van der Waals surface area contributed by atoms with E-state index in [9.17, 15) is 18.4 Å². The lowest BCUT2D eigenvalue weighted by molar-refractivity contribution is -0.136. The van der Waals surface area contributed by atoms with Gasteiger partial charge < -0.3 is 20.3 Å².